The average Bonchev–Trinajstić information content (AvgIpc) is 2.82. The van der Waals surface area contributed by atoms with Crippen LogP contribution < -0.4 is 0 Å². The molecule has 3 rings (SSSR count). The first-order chi connectivity index (χ1) is 9.70. The zero-order valence-electron chi connectivity index (χ0n) is 10.5. The summed E-state index contributed by atoms with van der Waals surface area (Å²) in [7, 11) is 0. The van der Waals surface area contributed by atoms with Gasteiger partial charge in [0.25, 0.3) is 0 Å². The number of benzene rings is 2. The van der Waals surface area contributed by atoms with E-state index in [0.29, 0.717) is 10.9 Å². The Bertz CT molecular complexity index is 830. The molecule has 0 radical (unpaired) electrons. The summed E-state index contributed by atoms with van der Waals surface area (Å²) >= 11 is 3.15. The average molecular weight is 329 g/mol. The number of nitriles is 1. The molecule has 0 fully saturated rings. The molecule has 0 amide bonds. The molecule has 0 saturated heterocycles. The Morgan fingerprint density at radius 2 is 2.00 bits per heavy atom. The van der Waals surface area contributed by atoms with Crippen molar-refractivity contribution in [2.24, 2.45) is 0 Å². The van der Waals surface area contributed by atoms with Crippen LogP contribution in [0.25, 0.3) is 16.6 Å². The number of fused-ring (bicyclic) bond motifs is 1. The van der Waals surface area contributed by atoms with Crippen LogP contribution >= 0.6 is 15.9 Å². The van der Waals surface area contributed by atoms with Crippen molar-refractivity contribution in [2.45, 2.75) is 6.42 Å². The number of rotatable bonds is 2. The second kappa shape index (κ2) is 5.10. The molecule has 3 aromatic rings. The van der Waals surface area contributed by atoms with Gasteiger partial charge in [0.05, 0.1) is 22.5 Å². The lowest BCUT2D eigenvalue weighted by atomic mass is 10.1. The van der Waals surface area contributed by atoms with Gasteiger partial charge in [-0.3, -0.25) is 0 Å². The molecule has 1 heterocycles. The maximum atomic E-state index is 13.7. The number of hydrogen-bond acceptors (Lipinski definition) is 1. The van der Waals surface area contributed by atoms with Crippen molar-refractivity contribution < 1.29 is 4.39 Å². The highest BCUT2D eigenvalue weighted by Crippen LogP contribution is 2.27. The van der Waals surface area contributed by atoms with Crippen LogP contribution in [0.2, 0.25) is 0 Å². The van der Waals surface area contributed by atoms with Gasteiger partial charge in [-0.2, -0.15) is 5.26 Å². The van der Waals surface area contributed by atoms with Crippen LogP contribution in [0.1, 0.15) is 5.56 Å². The lowest BCUT2D eigenvalue weighted by molar-refractivity contribution is 0.620. The Morgan fingerprint density at radius 3 is 2.75 bits per heavy atom. The van der Waals surface area contributed by atoms with Gasteiger partial charge < -0.3 is 4.57 Å². The van der Waals surface area contributed by atoms with Gasteiger partial charge in [0, 0.05) is 17.3 Å². The highest BCUT2D eigenvalue weighted by atomic mass is 79.9. The smallest absolute Gasteiger partial charge is 0.139 e. The molecular formula is C16H10BrFN2. The van der Waals surface area contributed by atoms with Crippen LogP contribution in [-0.4, -0.2) is 4.57 Å². The molecule has 0 N–H and O–H groups in total. The van der Waals surface area contributed by atoms with Crippen molar-refractivity contribution in [3.05, 3.63) is 64.5 Å². The molecule has 2 nitrogen and oxygen atoms in total. The first kappa shape index (κ1) is 12.9. The molecule has 20 heavy (non-hydrogen) atoms. The van der Waals surface area contributed by atoms with E-state index in [9.17, 15) is 4.39 Å². The van der Waals surface area contributed by atoms with E-state index in [2.05, 4.69) is 22.0 Å². The fourth-order valence-corrected chi connectivity index (χ4v) is 2.57. The molecule has 98 valence electrons. The van der Waals surface area contributed by atoms with Gasteiger partial charge in [-0.15, -0.1) is 0 Å². The Labute approximate surface area is 124 Å². The van der Waals surface area contributed by atoms with Crippen LogP contribution in [0.15, 0.2) is 53.1 Å². The van der Waals surface area contributed by atoms with E-state index in [0.717, 1.165) is 22.2 Å². The Hall–Kier alpha value is -2.12. The van der Waals surface area contributed by atoms with Gasteiger partial charge in [0.15, 0.2) is 0 Å². The Morgan fingerprint density at radius 1 is 1.20 bits per heavy atom. The van der Waals surface area contributed by atoms with Gasteiger partial charge in [-0.1, -0.05) is 18.2 Å². The van der Waals surface area contributed by atoms with Gasteiger partial charge in [-0.25, -0.2) is 4.39 Å². The molecule has 2 aromatic carbocycles. The normalized spacial score (nSPS) is 10.7. The van der Waals surface area contributed by atoms with E-state index in [4.69, 9.17) is 5.26 Å². The van der Waals surface area contributed by atoms with Gasteiger partial charge in [0.1, 0.15) is 5.82 Å². The fourth-order valence-electron chi connectivity index (χ4n) is 2.32. The minimum Gasteiger partial charge on any atom is -0.316 e. The predicted octanol–water partition coefficient (Wildman–Crippen LogP) is 4.60. The molecule has 1 aromatic heterocycles. The van der Waals surface area contributed by atoms with Crippen molar-refractivity contribution in [2.75, 3.05) is 0 Å². The molecular weight excluding hydrogens is 319 g/mol. The number of nitrogens with zero attached hydrogens (tertiary/aromatic N) is 2. The first-order valence-electron chi connectivity index (χ1n) is 6.12. The summed E-state index contributed by atoms with van der Waals surface area (Å²) in [4.78, 5) is 0. The van der Waals surface area contributed by atoms with E-state index >= 15 is 0 Å². The van der Waals surface area contributed by atoms with Gasteiger partial charge in [0.2, 0.25) is 0 Å². The number of para-hydroxylation sites is 1. The second-order valence-electron chi connectivity index (χ2n) is 4.47. The third-order valence-corrected chi connectivity index (χ3v) is 3.89. The molecule has 0 atom stereocenters. The van der Waals surface area contributed by atoms with E-state index in [1.165, 1.54) is 6.07 Å². The summed E-state index contributed by atoms with van der Waals surface area (Å²) in [6, 6.07) is 15.0. The summed E-state index contributed by atoms with van der Waals surface area (Å²) in [6.07, 6.45) is 2.24. The van der Waals surface area contributed by atoms with Crippen molar-refractivity contribution in [1.29, 1.82) is 5.26 Å². The lowest BCUT2D eigenvalue weighted by Crippen LogP contribution is -1.93. The topological polar surface area (TPSA) is 28.7 Å². The van der Waals surface area contributed by atoms with E-state index in [1.54, 1.807) is 6.07 Å². The van der Waals surface area contributed by atoms with Crippen molar-refractivity contribution >= 4 is 26.8 Å². The quantitative estimate of drug-likeness (QED) is 0.675. The number of hydrogen-bond donors (Lipinski definition) is 0. The Kier molecular flexibility index (Phi) is 3.29. The maximum absolute atomic E-state index is 13.7. The fraction of sp³-hybridized carbons (Fsp3) is 0.0625. The van der Waals surface area contributed by atoms with Crippen molar-refractivity contribution in [3.63, 3.8) is 0 Å². The summed E-state index contributed by atoms with van der Waals surface area (Å²) in [5.41, 5.74) is 2.66. The zero-order valence-corrected chi connectivity index (χ0v) is 12.1. The lowest BCUT2D eigenvalue weighted by Gasteiger charge is -2.06. The molecule has 0 aliphatic rings. The molecule has 0 bridgehead atoms. The minimum absolute atomic E-state index is 0.304. The molecule has 0 spiro atoms. The molecule has 0 aliphatic carbocycles. The highest BCUT2D eigenvalue weighted by molar-refractivity contribution is 9.10. The monoisotopic (exact) mass is 328 g/mol. The van der Waals surface area contributed by atoms with Crippen LogP contribution in [0.5, 0.6) is 0 Å². The molecule has 0 saturated carbocycles. The largest absolute Gasteiger partial charge is 0.316 e. The van der Waals surface area contributed by atoms with Crippen molar-refractivity contribution in [1.82, 2.24) is 4.57 Å². The van der Waals surface area contributed by atoms with Crippen LogP contribution in [0.3, 0.4) is 0 Å². The third-order valence-electron chi connectivity index (χ3n) is 3.25. The van der Waals surface area contributed by atoms with Gasteiger partial charge in [-0.05, 0) is 45.8 Å². The molecule has 4 heteroatoms. The van der Waals surface area contributed by atoms with Crippen LogP contribution in [0, 0.1) is 17.1 Å². The van der Waals surface area contributed by atoms with Gasteiger partial charge >= 0.3 is 0 Å². The SMILES string of the molecule is N#CCc1cn(-c2ccc(Br)c(F)c2)c2ccccc12. The van der Waals surface area contributed by atoms with Crippen molar-refractivity contribution in [3.8, 4) is 11.8 Å². The van der Waals surface area contributed by atoms with Crippen LogP contribution in [-0.2, 0) is 6.42 Å². The summed E-state index contributed by atoms with van der Waals surface area (Å²) in [5.74, 6) is -0.304. The zero-order chi connectivity index (χ0) is 14.1. The van der Waals surface area contributed by atoms with Crippen LogP contribution in [0.4, 0.5) is 4.39 Å². The third kappa shape index (κ3) is 2.10. The second-order valence-corrected chi connectivity index (χ2v) is 5.33. The highest BCUT2D eigenvalue weighted by Gasteiger charge is 2.10. The standard InChI is InChI=1S/C16H10BrFN2/c17-14-6-5-12(9-15(14)18)20-10-11(7-8-19)13-3-1-2-4-16(13)20/h1-6,9-10H,7H2. The maximum Gasteiger partial charge on any atom is 0.139 e. The van der Waals surface area contributed by atoms with E-state index in [-0.39, 0.29) is 5.82 Å². The number of aromatic nitrogens is 1. The number of halogens is 2. The summed E-state index contributed by atoms with van der Waals surface area (Å²) in [6.45, 7) is 0. The van der Waals surface area contributed by atoms with E-state index in [1.807, 2.05) is 41.1 Å². The molecule has 0 aliphatic heterocycles. The minimum atomic E-state index is -0.304. The Balaban J connectivity index is 2.25. The molecule has 0 unspecified atom stereocenters. The first-order valence-corrected chi connectivity index (χ1v) is 6.91. The predicted molar refractivity (Wildman–Crippen MR) is 80.3 cm³/mol. The van der Waals surface area contributed by atoms with E-state index < -0.39 is 0 Å². The summed E-state index contributed by atoms with van der Waals surface area (Å²) < 4.78 is 16.1. The summed E-state index contributed by atoms with van der Waals surface area (Å²) in [5, 5.41) is 9.94.